The fourth-order valence-corrected chi connectivity index (χ4v) is 4.54. The number of ether oxygens (including phenoxy) is 1. The molecular formula is C23H32N4O. The first-order valence-electron chi connectivity index (χ1n) is 10.7. The number of fused-ring (bicyclic) bond motifs is 1. The summed E-state index contributed by atoms with van der Waals surface area (Å²) in [6.07, 6.45) is 6.64. The molecule has 1 aromatic carbocycles. The van der Waals surface area contributed by atoms with Gasteiger partial charge in [-0.25, -0.2) is 9.97 Å². The summed E-state index contributed by atoms with van der Waals surface area (Å²) in [7, 11) is 0. The third kappa shape index (κ3) is 4.36. The monoisotopic (exact) mass is 380 g/mol. The number of aryl methyl sites for hydroxylation is 2. The summed E-state index contributed by atoms with van der Waals surface area (Å²) in [5.74, 6) is 1.91. The number of nitrogens with one attached hydrogen (secondary N) is 2. The molecule has 1 unspecified atom stereocenters. The molecule has 1 fully saturated rings. The quantitative estimate of drug-likeness (QED) is 0.794. The SMILES string of the molecule is Cc1nc2c(c(NCC3(NC(C)c4ccccc4)CCOCC3)n1)CCCC2. The van der Waals surface area contributed by atoms with Crippen molar-refractivity contribution < 1.29 is 4.74 Å². The van der Waals surface area contributed by atoms with Gasteiger partial charge in [-0.3, -0.25) is 0 Å². The van der Waals surface area contributed by atoms with Gasteiger partial charge in [-0.2, -0.15) is 0 Å². The van der Waals surface area contributed by atoms with Crippen molar-refractivity contribution in [1.29, 1.82) is 0 Å². The molecule has 1 saturated heterocycles. The second-order valence-electron chi connectivity index (χ2n) is 8.27. The predicted octanol–water partition coefficient (Wildman–Crippen LogP) is 3.98. The molecule has 2 heterocycles. The molecule has 5 heteroatoms. The molecule has 5 nitrogen and oxygen atoms in total. The lowest BCUT2D eigenvalue weighted by Crippen LogP contribution is -2.54. The summed E-state index contributed by atoms with van der Waals surface area (Å²) >= 11 is 0. The molecule has 1 aliphatic heterocycles. The van der Waals surface area contributed by atoms with Crippen LogP contribution in [0.3, 0.4) is 0 Å². The minimum Gasteiger partial charge on any atom is -0.381 e. The highest BCUT2D eigenvalue weighted by Crippen LogP contribution is 2.29. The molecule has 0 saturated carbocycles. The average molecular weight is 381 g/mol. The summed E-state index contributed by atoms with van der Waals surface area (Å²) in [6.45, 7) is 6.72. The predicted molar refractivity (Wildman–Crippen MR) is 113 cm³/mol. The summed E-state index contributed by atoms with van der Waals surface area (Å²) < 4.78 is 5.68. The number of rotatable bonds is 6. The molecule has 4 rings (SSSR count). The van der Waals surface area contributed by atoms with E-state index in [9.17, 15) is 0 Å². The van der Waals surface area contributed by atoms with Crippen molar-refractivity contribution in [2.45, 2.75) is 64.0 Å². The van der Waals surface area contributed by atoms with Crippen molar-refractivity contribution >= 4 is 5.82 Å². The fraction of sp³-hybridized carbons (Fsp3) is 0.565. The number of hydrogen-bond donors (Lipinski definition) is 2. The van der Waals surface area contributed by atoms with Gasteiger partial charge < -0.3 is 15.4 Å². The third-order valence-corrected chi connectivity index (χ3v) is 6.16. The van der Waals surface area contributed by atoms with Crippen LogP contribution >= 0.6 is 0 Å². The Labute approximate surface area is 168 Å². The topological polar surface area (TPSA) is 59.1 Å². The van der Waals surface area contributed by atoms with Gasteiger partial charge in [-0.1, -0.05) is 30.3 Å². The van der Waals surface area contributed by atoms with E-state index in [1.54, 1.807) is 0 Å². The second kappa shape index (κ2) is 8.58. The molecule has 2 N–H and O–H groups in total. The lowest BCUT2D eigenvalue weighted by molar-refractivity contribution is 0.0389. The number of hydrogen-bond acceptors (Lipinski definition) is 5. The van der Waals surface area contributed by atoms with E-state index in [1.165, 1.54) is 29.7 Å². The Balaban J connectivity index is 1.52. The van der Waals surface area contributed by atoms with Crippen LogP contribution in [0.25, 0.3) is 0 Å². The molecule has 28 heavy (non-hydrogen) atoms. The van der Waals surface area contributed by atoms with Crippen LogP contribution in [0, 0.1) is 6.92 Å². The van der Waals surface area contributed by atoms with E-state index in [0.29, 0.717) is 6.04 Å². The molecule has 0 radical (unpaired) electrons. The standard InChI is InChI=1S/C23H32N4O/c1-17(19-8-4-3-5-9-19)27-23(12-14-28-15-13-23)16-24-22-20-10-6-7-11-21(20)25-18(2)26-22/h3-5,8-9,17,27H,6-7,10-16H2,1-2H3,(H,24,25,26). The molecule has 1 aromatic heterocycles. The smallest absolute Gasteiger partial charge is 0.133 e. The maximum atomic E-state index is 5.68. The van der Waals surface area contributed by atoms with Gasteiger partial charge in [0.25, 0.3) is 0 Å². The lowest BCUT2D eigenvalue weighted by Gasteiger charge is -2.41. The number of aromatic nitrogens is 2. The zero-order chi connectivity index (χ0) is 19.4. The molecule has 1 atom stereocenters. The van der Waals surface area contributed by atoms with Crippen molar-refractivity contribution in [2.24, 2.45) is 0 Å². The molecule has 0 bridgehead atoms. The molecule has 150 valence electrons. The van der Waals surface area contributed by atoms with Gasteiger partial charge in [0.1, 0.15) is 11.6 Å². The summed E-state index contributed by atoms with van der Waals surface area (Å²) in [5, 5.41) is 7.64. The van der Waals surface area contributed by atoms with E-state index in [2.05, 4.69) is 52.9 Å². The highest BCUT2D eigenvalue weighted by molar-refractivity contribution is 5.48. The molecule has 0 spiro atoms. The Morgan fingerprint density at radius 1 is 1.07 bits per heavy atom. The van der Waals surface area contributed by atoms with Crippen LogP contribution in [0.1, 0.15) is 61.3 Å². The highest BCUT2D eigenvalue weighted by atomic mass is 16.5. The van der Waals surface area contributed by atoms with Crippen LogP contribution in [-0.4, -0.2) is 35.3 Å². The van der Waals surface area contributed by atoms with E-state index < -0.39 is 0 Å². The molecule has 2 aromatic rings. The molecule has 1 aliphatic carbocycles. The zero-order valence-electron chi connectivity index (χ0n) is 17.1. The van der Waals surface area contributed by atoms with Gasteiger partial charge in [-0.15, -0.1) is 0 Å². The average Bonchev–Trinajstić information content (AvgIpc) is 2.73. The maximum absolute atomic E-state index is 5.68. The number of nitrogens with zero attached hydrogens (tertiary/aromatic N) is 2. The minimum atomic E-state index is 0.00785. The summed E-state index contributed by atoms with van der Waals surface area (Å²) in [6, 6.07) is 11.0. The minimum absolute atomic E-state index is 0.00785. The number of benzene rings is 1. The van der Waals surface area contributed by atoms with Gasteiger partial charge in [0.15, 0.2) is 0 Å². The van der Waals surface area contributed by atoms with E-state index in [-0.39, 0.29) is 5.54 Å². The third-order valence-electron chi connectivity index (χ3n) is 6.16. The maximum Gasteiger partial charge on any atom is 0.133 e. The first-order chi connectivity index (χ1) is 13.7. The van der Waals surface area contributed by atoms with Crippen molar-refractivity contribution in [3.63, 3.8) is 0 Å². The van der Waals surface area contributed by atoms with Crippen LogP contribution in [0.5, 0.6) is 0 Å². The molecule has 0 amide bonds. The van der Waals surface area contributed by atoms with E-state index >= 15 is 0 Å². The van der Waals surface area contributed by atoms with Gasteiger partial charge in [0, 0.05) is 42.6 Å². The molecular weight excluding hydrogens is 348 g/mol. The van der Waals surface area contributed by atoms with Crippen LogP contribution in [0.4, 0.5) is 5.82 Å². The number of anilines is 1. The Morgan fingerprint density at radius 2 is 1.82 bits per heavy atom. The zero-order valence-corrected chi connectivity index (χ0v) is 17.1. The van der Waals surface area contributed by atoms with E-state index in [0.717, 1.165) is 57.1 Å². The van der Waals surface area contributed by atoms with Crippen molar-refractivity contribution in [1.82, 2.24) is 15.3 Å². The first-order valence-corrected chi connectivity index (χ1v) is 10.7. The van der Waals surface area contributed by atoms with E-state index in [4.69, 9.17) is 9.72 Å². The van der Waals surface area contributed by atoms with Crippen LogP contribution in [-0.2, 0) is 17.6 Å². The summed E-state index contributed by atoms with van der Waals surface area (Å²) in [5.41, 5.74) is 3.90. The van der Waals surface area contributed by atoms with Crippen LogP contribution < -0.4 is 10.6 Å². The van der Waals surface area contributed by atoms with Gasteiger partial charge in [-0.05, 0) is 57.9 Å². The van der Waals surface area contributed by atoms with Crippen molar-refractivity contribution in [3.8, 4) is 0 Å². The fourth-order valence-electron chi connectivity index (χ4n) is 4.54. The Hall–Kier alpha value is -1.98. The van der Waals surface area contributed by atoms with Crippen LogP contribution in [0.2, 0.25) is 0 Å². The highest BCUT2D eigenvalue weighted by Gasteiger charge is 2.34. The Bertz CT molecular complexity index is 787. The van der Waals surface area contributed by atoms with Gasteiger partial charge in [0.05, 0.1) is 0 Å². The summed E-state index contributed by atoms with van der Waals surface area (Å²) in [4.78, 5) is 9.45. The first kappa shape index (κ1) is 19.3. The van der Waals surface area contributed by atoms with Gasteiger partial charge >= 0.3 is 0 Å². The van der Waals surface area contributed by atoms with Gasteiger partial charge in [0.2, 0.25) is 0 Å². The molecule has 2 aliphatic rings. The normalized spacial score (nSPS) is 19.6. The Morgan fingerprint density at radius 3 is 2.61 bits per heavy atom. The van der Waals surface area contributed by atoms with Crippen LogP contribution in [0.15, 0.2) is 30.3 Å². The Kier molecular flexibility index (Phi) is 5.93. The van der Waals surface area contributed by atoms with Crippen molar-refractivity contribution in [3.05, 3.63) is 53.0 Å². The van der Waals surface area contributed by atoms with E-state index in [1.807, 2.05) is 6.92 Å². The second-order valence-corrected chi connectivity index (χ2v) is 8.27. The largest absolute Gasteiger partial charge is 0.381 e. The lowest BCUT2D eigenvalue weighted by atomic mass is 9.88. The van der Waals surface area contributed by atoms with Crippen molar-refractivity contribution in [2.75, 3.05) is 25.1 Å².